The second kappa shape index (κ2) is 9.45. The van der Waals surface area contributed by atoms with Crippen LogP contribution in [0, 0.1) is 0 Å². The third-order valence-corrected chi connectivity index (χ3v) is 7.06. The van der Waals surface area contributed by atoms with E-state index in [4.69, 9.17) is 9.47 Å². The third-order valence-electron chi connectivity index (χ3n) is 6.97. The topological polar surface area (TPSA) is 166 Å². The van der Waals surface area contributed by atoms with Crippen LogP contribution in [0.15, 0.2) is 96.0 Å². The number of aliphatic hydroxyl groups is 4. The van der Waals surface area contributed by atoms with Crippen molar-refractivity contribution in [2.75, 3.05) is 0 Å². The fraction of sp³-hybridized carbons (Fsp3) is 0.214. The lowest BCUT2D eigenvalue weighted by Crippen LogP contribution is -2.81. The third kappa shape index (κ3) is 3.69. The van der Waals surface area contributed by atoms with E-state index >= 15 is 0 Å². The Morgan fingerprint density at radius 3 is 1.74 bits per heavy atom. The lowest BCUT2D eigenvalue weighted by atomic mass is 9.63. The molecule has 2 aliphatic heterocycles. The van der Waals surface area contributed by atoms with Gasteiger partial charge in [0.25, 0.3) is 5.79 Å². The number of thiocarbonyl (C=S) groups is 1. The zero-order chi connectivity index (χ0) is 28.1. The molecule has 0 radical (unpaired) electrons. The molecule has 39 heavy (non-hydrogen) atoms. The molecule has 3 aromatic rings. The molecule has 0 spiro atoms. The van der Waals surface area contributed by atoms with Gasteiger partial charge in [-0.3, -0.25) is 19.1 Å². The van der Waals surface area contributed by atoms with E-state index < -0.39 is 52.5 Å². The van der Waals surface area contributed by atoms with Crippen LogP contribution < -0.4 is 0 Å². The summed E-state index contributed by atoms with van der Waals surface area (Å²) in [4.78, 5) is 44.9. The van der Waals surface area contributed by atoms with E-state index in [2.05, 4.69) is 17.2 Å². The maximum absolute atomic E-state index is 14.0. The Labute approximate surface area is 226 Å². The number of aliphatic imine (C=N–C) groups is 1. The summed E-state index contributed by atoms with van der Waals surface area (Å²) in [7, 11) is 0. The molecule has 3 aromatic carbocycles. The summed E-state index contributed by atoms with van der Waals surface area (Å²) in [6, 6.07) is 21.4. The summed E-state index contributed by atoms with van der Waals surface area (Å²) in [6.07, 6.45) is -4.77. The van der Waals surface area contributed by atoms with Gasteiger partial charge in [0.05, 0.1) is 5.16 Å². The molecular formula is C28H21NO9S. The van der Waals surface area contributed by atoms with Gasteiger partial charge < -0.3 is 25.2 Å². The van der Waals surface area contributed by atoms with Crippen LogP contribution >= 0.6 is 12.2 Å². The van der Waals surface area contributed by atoms with Crippen molar-refractivity contribution in [1.82, 2.24) is 0 Å². The number of Topliss-reactive ketones (excluding diaryl/α,β-unsaturated/α-hetero) is 3. The number of isothiocyanates is 1. The normalized spacial score (nSPS) is 31.7. The molecule has 0 aliphatic carbocycles. The number of hydrogen-bond acceptors (Lipinski definition) is 11. The van der Waals surface area contributed by atoms with Gasteiger partial charge in [-0.15, -0.1) is 0 Å². The van der Waals surface area contributed by atoms with Crippen molar-refractivity contribution in [2.24, 2.45) is 4.99 Å². The monoisotopic (exact) mass is 547 g/mol. The van der Waals surface area contributed by atoms with E-state index in [0.29, 0.717) is 0 Å². The lowest BCUT2D eigenvalue weighted by Gasteiger charge is -2.50. The molecule has 6 atom stereocenters. The molecule has 2 aliphatic rings. The number of ketones is 3. The highest BCUT2D eigenvalue weighted by Gasteiger charge is 2.95. The minimum absolute atomic E-state index is 0.0361. The number of fused-ring (bicyclic) bond motifs is 1. The molecule has 5 rings (SSSR count). The number of hydrogen-bond donors (Lipinski definition) is 4. The number of carbonyl (C=O) groups excluding carboxylic acids is 3. The molecule has 2 unspecified atom stereocenters. The van der Waals surface area contributed by atoms with Crippen molar-refractivity contribution in [2.45, 2.75) is 35.1 Å². The minimum Gasteiger partial charge on any atom is -0.382 e. The Balaban J connectivity index is 1.77. The molecule has 0 amide bonds. The molecule has 4 N–H and O–H groups in total. The maximum Gasteiger partial charge on any atom is 0.342 e. The smallest absolute Gasteiger partial charge is 0.342 e. The van der Waals surface area contributed by atoms with E-state index in [1.807, 2.05) is 5.16 Å². The molecule has 2 fully saturated rings. The SMILES string of the molecule is O=C(c1ccccc1)C(O)[C@H]1OC2(N=C=S)O[C@@]2(O)[C@](O)(C(=O)c2ccccc2)[C@@]1(O)C(=O)c1ccccc1. The second-order valence-corrected chi connectivity index (χ2v) is 9.29. The molecule has 0 bridgehead atoms. The van der Waals surface area contributed by atoms with Crippen molar-refractivity contribution in [3.05, 3.63) is 108 Å². The molecule has 2 heterocycles. The van der Waals surface area contributed by atoms with Gasteiger partial charge in [0.15, 0.2) is 11.4 Å². The molecule has 0 aromatic heterocycles. The Bertz CT molecular complexity index is 1500. The van der Waals surface area contributed by atoms with Crippen LogP contribution in [0.5, 0.6) is 0 Å². The largest absolute Gasteiger partial charge is 0.382 e. The Hall–Kier alpha value is -3.77. The molecule has 2 saturated heterocycles. The van der Waals surface area contributed by atoms with Crippen molar-refractivity contribution in [1.29, 1.82) is 0 Å². The van der Waals surface area contributed by atoms with Gasteiger partial charge >= 0.3 is 5.91 Å². The van der Waals surface area contributed by atoms with Crippen molar-refractivity contribution >= 4 is 34.7 Å². The highest BCUT2D eigenvalue weighted by atomic mass is 32.1. The standard InChI is InChI=1S/C28H21NO9S/c30-20(17-10-4-1-5-11-17)21(31)24-25(34,22(32)18-12-6-2-7-13-18)26(35,23(33)19-14-8-3-9-15-19)27(36)28(37-24,38-27)29-16-39/h1-15,21,24,31,34-36H/t21?,24-,25-,26+,27+,28?/m1/s1. The first-order valence-corrected chi connectivity index (χ1v) is 12.1. The number of ether oxygens (including phenoxy) is 2. The molecule has 198 valence electrons. The maximum atomic E-state index is 14.0. The van der Waals surface area contributed by atoms with E-state index in [1.165, 1.54) is 72.8 Å². The van der Waals surface area contributed by atoms with Crippen molar-refractivity contribution in [3.63, 3.8) is 0 Å². The van der Waals surface area contributed by atoms with Crippen LogP contribution in [0.2, 0.25) is 0 Å². The van der Waals surface area contributed by atoms with Crippen molar-refractivity contribution in [3.8, 4) is 0 Å². The molecule has 11 heteroatoms. The van der Waals surface area contributed by atoms with Crippen LogP contribution in [-0.2, 0) is 9.47 Å². The van der Waals surface area contributed by atoms with Crippen molar-refractivity contribution < 1.29 is 44.3 Å². The van der Waals surface area contributed by atoms with E-state index in [1.54, 1.807) is 18.2 Å². The van der Waals surface area contributed by atoms with Gasteiger partial charge in [0.2, 0.25) is 17.2 Å². The van der Waals surface area contributed by atoms with E-state index in [9.17, 15) is 34.8 Å². The Morgan fingerprint density at radius 1 is 0.795 bits per heavy atom. The predicted octanol–water partition coefficient (Wildman–Crippen LogP) is 1.33. The molecular weight excluding hydrogens is 526 g/mol. The summed E-state index contributed by atoms with van der Waals surface area (Å²) in [5, 5.41) is 49.1. The summed E-state index contributed by atoms with van der Waals surface area (Å²) in [6.45, 7) is 0. The summed E-state index contributed by atoms with van der Waals surface area (Å²) in [5.41, 5.74) is -7.59. The van der Waals surface area contributed by atoms with Crippen LogP contribution in [0.25, 0.3) is 0 Å². The predicted molar refractivity (Wildman–Crippen MR) is 137 cm³/mol. The highest BCUT2D eigenvalue weighted by Crippen LogP contribution is 2.64. The Kier molecular flexibility index (Phi) is 6.50. The first-order chi connectivity index (χ1) is 18.6. The summed E-state index contributed by atoms with van der Waals surface area (Å²) in [5.74, 6) is -9.60. The molecule has 0 saturated carbocycles. The average molecular weight is 548 g/mol. The number of rotatable bonds is 8. The lowest BCUT2D eigenvalue weighted by molar-refractivity contribution is -0.286. The molecule has 10 nitrogen and oxygen atoms in total. The fourth-order valence-corrected chi connectivity index (χ4v) is 5.04. The van der Waals surface area contributed by atoms with Gasteiger partial charge in [0, 0.05) is 16.7 Å². The number of benzene rings is 3. The Morgan fingerprint density at radius 2 is 1.26 bits per heavy atom. The van der Waals surface area contributed by atoms with E-state index in [-0.39, 0.29) is 16.7 Å². The van der Waals surface area contributed by atoms with Crippen LogP contribution in [0.1, 0.15) is 31.1 Å². The van der Waals surface area contributed by atoms with Crippen LogP contribution in [0.3, 0.4) is 0 Å². The number of epoxide rings is 1. The average Bonchev–Trinajstić information content (AvgIpc) is 3.59. The first kappa shape index (κ1) is 26.8. The van der Waals surface area contributed by atoms with Crippen LogP contribution in [-0.4, -0.2) is 78.0 Å². The fourth-order valence-electron chi connectivity index (χ4n) is 4.92. The van der Waals surface area contributed by atoms with Crippen LogP contribution in [0.4, 0.5) is 0 Å². The highest BCUT2D eigenvalue weighted by molar-refractivity contribution is 7.78. The minimum atomic E-state index is -3.58. The van der Waals surface area contributed by atoms with Gasteiger partial charge in [-0.05, 0) is 12.2 Å². The van der Waals surface area contributed by atoms with Gasteiger partial charge in [0.1, 0.15) is 12.2 Å². The quantitative estimate of drug-likeness (QED) is 0.140. The number of aliphatic hydroxyl groups excluding tert-OH is 1. The van der Waals surface area contributed by atoms with Gasteiger partial charge in [-0.1, -0.05) is 91.0 Å². The van der Waals surface area contributed by atoms with Gasteiger partial charge in [-0.25, -0.2) is 0 Å². The van der Waals surface area contributed by atoms with E-state index in [0.717, 1.165) is 0 Å². The zero-order valence-corrected chi connectivity index (χ0v) is 20.8. The summed E-state index contributed by atoms with van der Waals surface area (Å²) < 4.78 is 10.8. The summed E-state index contributed by atoms with van der Waals surface area (Å²) >= 11 is 4.62. The number of nitrogens with zero attached hydrogens (tertiary/aromatic N) is 1. The first-order valence-electron chi connectivity index (χ1n) is 11.7. The number of carbonyl (C=O) groups is 3. The van der Waals surface area contributed by atoms with Gasteiger partial charge in [-0.2, -0.15) is 4.99 Å². The second-order valence-electron chi connectivity index (χ2n) is 9.11. The zero-order valence-electron chi connectivity index (χ0n) is 20.0.